The molecule has 8 nitrogen and oxygen atoms in total. The minimum atomic E-state index is -4.24. The van der Waals surface area contributed by atoms with E-state index in [1.165, 1.54) is 12.1 Å². The monoisotopic (exact) mass is 460 g/mol. The maximum atomic E-state index is 12.8. The normalized spacial score (nSPS) is 24.3. The first-order chi connectivity index (χ1) is 14.6. The molecule has 1 unspecified atom stereocenters. The number of rotatable bonds is 2. The highest BCUT2D eigenvalue weighted by Crippen LogP contribution is 2.38. The molecule has 1 fully saturated rings. The molecule has 0 aromatic heterocycles. The second-order valence-corrected chi connectivity index (χ2v) is 8.07. The molecule has 0 saturated carbocycles. The third kappa shape index (κ3) is 3.97. The minimum Gasteiger partial charge on any atom is -0.467 e. The number of carbonyl (C=O) groups excluding carboxylic acids is 2. The number of urea groups is 1. The van der Waals surface area contributed by atoms with Gasteiger partial charge in [-0.05, 0) is 30.5 Å². The molecular weight excluding hydrogens is 441 g/mol. The fourth-order valence-electron chi connectivity index (χ4n) is 4.09. The molecule has 2 aliphatic heterocycles. The number of nitrogens with one attached hydrogen (secondary N) is 1. The van der Waals surface area contributed by atoms with Gasteiger partial charge in [0.05, 0.1) is 13.0 Å². The summed E-state index contributed by atoms with van der Waals surface area (Å²) in [5, 5.41) is 7.24. The summed E-state index contributed by atoms with van der Waals surface area (Å²) in [4.78, 5) is 25.2. The number of methoxy groups -OCH3 is 1. The number of hydrogen-bond donors (Lipinski definition) is 1. The number of fused-ring (bicyclic) bond motifs is 3. The summed E-state index contributed by atoms with van der Waals surface area (Å²) in [5.41, 5.74) is 2.64. The number of amides is 2. The third-order valence-corrected chi connectivity index (χ3v) is 5.99. The average molecular weight is 461 g/mol. The highest BCUT2D eigenvalue weighted by molar-refractivity contribution is 6.31. The van der Waals surface area contributed by atoms with Crippen molar-refractivity contribution in [2.45, 2.75) is 31.0 Å². The smallest absolute Gasteiger partial charge is 0.391 e. The van der Waals surface area contributed by atoms with E-state index in [1.54, 1.807) is 18.2 Å². The molecule has 1 atom stereocenters. The SMILES string of the molecule is COC(=O)C12Cc3cc(Cl)ccc3C1=NN(C(=O)NN1CCC(C(F)(F)F)CC1)CO2. The van der Waals surface area contributed by atoms with Crippen LogP contribution in [-0.4, -0.2) is 66.4 Å². The highest BCUT2D eigenvalue weighted by Gasteiger charge is 2.55. The van der Waals surface area contributed by atoms with E-state index in [-0.39, 0.29) is 44.8 Å². The van der Waals surface area contributed by atoms with Crippen LogP contribution in [0.2, 0.25) is 5.02 Å². The van der Waals surface area contributed by atoms with Crippen LogP contribution in [0.4, 0.5) is 18.0 Å². The fraction of sp³-hybridized carbons (Fsp3) is 0.526. The zero-order valence-corrected chi connectivity index (χ0v) is 17.3. The number of piperidine rings is 1. The lowest BCUT2D eigenvalue weighted by atomic mass is 9.97. The van der Waals surface area contributed by atoms with Gasteiger partial charge in [0.15, 0.2) is 0 Å². The van der Waals surface area contributed by atoms with Crippen LogP contribution < -0.4 is 5.43 Å². The summed E-state index contributed by atoms with van der Waals surface area (Å²) in [6.45, 7) is -0.200. The Labute approximate surface area is 180 Å². The van der Waals surface area contributed by atoms with Crippen LogP contribution in [-0.2, 0) is 20.7 Å². The number of hydrogen-bond acceptors (Lipinski definition) is 6. The standard InChI is InChI=1S/C19H20ClF3N4O4/c1-30-16(28)18-9-11-8-13(20)2-3-14(11)15(18)24-27(10-31-18)17(29)25-26-6-4-12(5-7-26)19(21,22)23/h2-3,8,12H,4-7,9-10H2,1H3,(H,25,29). The fourth-order valence-corrected chi connectivity index (χ4v) is 4.29. The maximum Gasteiger partial charge on any atom is 0.391 e. The van der Waals surface area contributed by atoms with Crippen molar-refractivity contribution in [2.24, 2.45) is 11.0 Å². The van der Waals surface area contributed by atoms with Gasteiger partial charge < -0.3 is 9.47 Å². The molecule has 1 aliphatic carbocycles. The Kier molecular flexibility index (Phi) is 5.61. The van der Waals surface area contributed by atoms with Crippen molar-refractivity contribution < 1.29 is 32.2 Å². The summed E-state index contributed by atoms with van der Waals surface area (Å²) in [5.74, 6) is -2.02. The second kappa shape index (κ2) is 7.95. The maximum absolute atomic E-state index is 12.8. The van der Waals surface area contributed by atoms with Crippen molar-refractivity contribution in [3.63, 3.8) is 0 Å². The lowest BCUT2D eigenvalue weighted by molar-refractivity contribution is -0.186. The van der Waals surface area contributed by atoms with Crippen LogP contribution in [0.15, 0.2) is 23.3 Å². The van der Waals surface area contributed by atoms with E-state index >= 15 is 0 Å². The lowest BCUT2D eigenvalue weighted by Gasteiger charge is -2.36. The Morgan fingerprint density at radius 1 is 1.32 bits per heavy atom. The summed E-state index contributed by atoms with van der Waals surface area (Å²) in [7, 11) is 1.23. The number of benzene rings is 1. The number of carbonyl (C=O) groups is 2. The Balaban J connectivity index is 1.51. The molecule has 31 heavy (non-hydrogen) atoms. The number of alkyl halides is 3. The Morgan fingerprint density at radius 2 is 2.03 bits per heavy atom. The van der Waals surface area contributed by atoms with Crippen LogP contribution in [0.25, 0.3) is 0 Å². The summed E-state index contributed by atoms with van der Waals surface area (Å²) in [6, 6.07) is 4.36. The van der Waals surface area contributed by atoms with Crippen molar-refractivity contribution in [1.29, 1.82) is 0 Å². The van der Waals surface area contributed by atoms with Crippen molar-refractivity contribution in [2.75, 3.05) is 26.9 Å². The van der Waals surface area contributed by atoms with E-state index in [4.69, 9.17) is 21.1 Å². The molecule has 1 saturated heterocycles. The van der Waals surface area contributed by atoms with E-state index in [1.807, 2.05) is 0 Å². The molecule has 1 aromatic carbocycles. The Morgan fingerprint density at radius 3 is 2.68 bits per heavy atom. The topological polar surface area (TPSA) is 83.5 Å². The van der Waals surface area contributed by atoms with Gasteiger partial charge in [0.25, 0.3) is 0 Å². The first-order valence-corrected chi connectivity index (χ1v) is 10.0. The number of hydrazine groups is 1. The van der Waals surface area contributed by atoms with Gasteiger partial charge in [0, 0.05) is 30.1 Å². The van der Waals surface area contributed by atoms with Crippen molar-refractivity contribution in [3.05, 3.63) is 34.3 Å². The van der Waals surface area contributed by atoms with Crippen LogP contribution in [0.3, 0.4) is 0 Å². The van der Waals surface area contributed by atoms with Crippen LogP contribution in [0.5, 0.6) is 0 Å². The van der Waals surface area contributed by atoms with Crippen molar-refractivity contribution in [3.8, 4) is 0 Å². The Hall–Kier alpha value is -2.37. The number of hydrazone groups is 1. The number of esters is 1. The van der Waals surface area contributed by atoms with Gasteiger partial charge in [-0.25, -0.2) is 14.6 Å². The van der Waals surface area contributed by atoms with E-state index in [0.29, 0.717) is 10.6 Å². The second-order valence-electron chi connectivity index (χ2n) is 7.64. The molecule has 4 rings (SSSR count). The predicted octanol–water partition coefficient (Wildman–Crippen LogP) is 2.70. The molecule has 2 amide bonds. The molecule has 2 heterocycles. The number of ether oxygens (including phenoxy) is 2. The van der Waals surface area contributed by atoms with Crippen molar-refractivity contribution in [1.82, 2.24) is 15.4 Å². The van der Waals surface area contributed by atoms with Gasteiger partial charge in [-0.3, -0.25) is 5.43 Å². The molecule has 1 N–H and O–H groups in total. The number of halogens is 4. The largest absolute Gasteiger partial charge is 0.467 e. The highest BCUT2D eigenvalue weighted by atomic mass is 35.5. The van der Waals surface area contributed by atoms with Crippen LogP contribution >= 0.6 is 11.6 Å². The lowest BCUT2D eigenvalue weighted by Crippen LogP contribution is -2.57. The Bertz CT molecular complexity index is 933. The molecule has 12 heteroatoms. The third-order valence-electron chi connectivity index (χ3n) is 5.76. The van der Waals surface area contributed by atoms with Crippen molar-refractivity contribution >= 4 is 29.3 Å². The van der Waals surface area contributed by atoms with Gasteiger partial charge >= 0.3 is 18.2 Å². The summed E-state index contributed by atoms with van der Waals surface area (Å²) < 4.78 is 49.2. The van der Waals surface area contributed by atoms with Gasteiger partial charge in [-0.15, -0.1) is 0 Å². The zero-order valence-electron chi connectivity index (χ0n) is 16.5. The van der Waals surface area contributed by atoms with E-state index in [0.717, 1.165) is 10.6 Å². The first kappa shape index (κ1) is 21.8. The first-order valence-electron chi connectivity index (χ1n) is 9.64. The molecule has 0 radical (unpaired) electrons. The van der Waals surface area contributed by atoms with Gasteiger partial charge in [-0.2, -0.15) is 23.3 Å². The quantitative estimate of drug-likeness (QED) is 0.686. The minimum absolute atomic E-state index is 0.0641. The zero-order chi connectivity index (χ0) is 22.4. The van der Waals surface area contributed by atoms with E-state index in [9.17, 15) is 22.8 Å². The van der Waals surface area contributed by atoms with Gasteiger partial charge in [-0.1, -0.05) is 17.7 Å². The average Bonchev–Trinajstić information content (AvgIpc) is 3.06. The predicted molar refractivity (Wildman–Crippen MR) is 103 cm³/mol. The van der Waals surface area contributed by atoms with E-state index in [2.05, 4.69) is 10.5 Å². The number of nitrogens with zero attached hydrogens (tertiary/aromatic N) is 3. The molecule has 0 bridgehead atoms. The van der Waals surface area contributed by atoms with Crippen LogP contribution in [0.1, 0.15) is 24.0 Å². The summed E-state index contributed by atoms with van der Waals surface area (Å²) in [6.07, 6.45) is -4.28. The van der Waals surface area contributed by atoms with Gasteiger partial charge in [0.1, 0.15) is 12.4 Å². The van der Waals surface area contributed by atoms with E-state index < -0.39 is 29.7 Å². The molecule has 3 aliphatic rings. The van der Waals surface area contributed by atoms with Gasteiger partial charge in [0.2, 0.25) is 5.60 Å². The summed E-state index contributed by atoms with van der Waals surface area (Å²) >= 11 is 6.06. The molecule has 1 aromatic rings. The molecule has 168 valence electrons. The molecular formula is C19H20ClF3N4O4. The van der Waals surface area contributed by atoms with Crippen LogP contribution in [0, 0.1) is 5.92 Å². The molecule has 0 spiro atoms.